The number of piperidine rings is 1. The van der Waals surface area contributed by atoms with E-state index in [0.717, 1.165) is 11.3 Å². The molecule has 0 radical (unpaired) electrons. The number of nitrogens with zero attached hydrogens (tertiary/aromatic N) is 1. The average Bonchev–Trinajstić information content (AvgIpc) is 2.81. The number of nitrogens with one attached hydrogen (secondary N) is 2. The van der Waals surface area contributed by atoms with E-state index in [2.05, 4.69) is 10.6 Å². The highest BCUT2D eigenvalue weighted by Crippen LogP contribution is 2.34. The highest BCUT2D eigenvalue weighted by molar-refractivity contribution is 6.08. The number of amides is 5. The normalized spacial score (nSPS) is 23.7. The van der Waals surface area contributed by atoms with Gasteiger partial charge in [0, 0.05) is 18.9 Å². The van der Waals surface area contributed by atoms with Gasteiger partial charge in [0.2, 0.25) is 29.5 Å². The summed E-state index contributed by atoms with van der Waals surface area (Å²) in [5.41, 5.74) is 4.60. The average molecular weight is 408 g/mol. The lowest BCUT2D eigenvalue weighted by atomic mass is 9.90. The van der Waals surface area contributed by atoms with Crippen molar-refractivity contribution < 1.29 is 24.0 Å². The molecule has 2 heterocycles. The Bertz CT molecular complexity index is 703. The number of hydrogen-bond donors (Lipinski definition) is 3. The third-order valence-corrected chi connectivity index (χ3v) is 5.55. The van der Waals surface area contributed by atoms with Crippen LogP contribution in [0.4, 0.5) is 0 Å². The topological polar surface area (TPSA) is 139 Å². The number of hydrogen-bond acceptors (Lipinski definition) is 5. The molecule has 3 atom stereocenters. The number of nitrogens with two attached hydrogens (primary N) is 1. The fraction of sp³-hybridized carbons (Fsp3) is 0.750. The van der Waals surface area contributed by atoms with Crippen LogP contribution in [0.2, 0.25) is 0 Å². The second-order valence-corrected chi connectivity index (χ2v) is 9.10. The van der Waals surface area contributed by atoms with Crippen molar-refractivity contribution in [1.29, 1.82) is 0 Å². The molecule has 4 N–H and O–H groups in total. The minimum Gasteiger partial charge on any atom is -0.368 e. The van der Waals surface area contributed by atoms with E-state index in [1.165, 1.54) is 0 Å². The number of imide groups is 1. The second-order valence-electron chi connectivity index (χ2n) is 9.10. The number of carbonyl (C=O) groups excluding carboxylic acids is 5. The zero-order chi connectivity index (χ0) is 21.9. The second kappa shape index (κ2) is 8.92. The third-order valence-electron chi connectivity index (χ3n) is 5.55. The lowest BCUT2D eigenvalue weighted by Crippen LogP contribution is -2.56. The van der Waals surface area contributed by atoms with Gasteiger partial charge in [-0.2, -0.15) is 0 Å². The van der Waals surface area contributed by atoms with Gasteiger partial charge >= 0.3 is 0 Å². The predicted molar refractivity (Wildman–Crippen MR) is 105 cm³/mol. The maximum Gasteiger partial charge on any atom is 0.243 e. The first kappa shape index (κ1) is 22.8. The van der Waals surface area contributed by atoms with Crippen LogP contribution in [-0.2, 0) is 24.0 Å². The van der Waals surface area contributed by atoms with Crippen LogP contribution in [0.15, 0.2) is 0 Å². The molecule has 162 valence electrons. The van der Waals surface area contributed by atoms with Gasteiger partial charge in [0.1, 0.15) is 12.1 Å². The van der Waals surface area contributed by atoms with Crippen molar-refractivity contribution in [1.82, 2.24) is 15.5 Å². The molecule has 2 fully saturated rings. The van der Waals surface area contributed by atoms with Crippen molar-refractivity contribution >= 4 is 29.5 Å². The van der Waals surface area contributed by atoms with E-state index in [0.29, 0.717) is 13.0 Å². The molecule has 2 saturated heterocycles. The first-order chi connectivity index (χ1) is 13.4. The molecule has 0 aliphatic carbocycles. The van der Waals surface area contributed by atoms with Crippen molar-refractivity contribution in [3.05, 3.63) is 0 Å². The van der Waals surface area contributed by atoms with E-state index in [4.69, 9.17) is 5.73 Å². The molecule has 29 heavy (non-hydrogen) atoms. The molecule has 5 amide bonds. The summed E-state index contributed by atoms with van der Waals surface area (Å²) in [6.07, 6.45) is 1.80. The Kier molecular flexibility index (Phi) is 7.02. The zero-order valence-electron chi connectivity index (χ0n) is 17.6. The van der Waals surface area contributed by atoms with Gasteiger partial charge in [0.05, 0.1) is 5.41 Å². The molecule has 0 bridgehead atoms. The lowest BCUT2D eigenvalue weighted by Gasteiger charge is -2.30. The zero-order valence-corrected chi connectivity index (χ0v) is 17.6. The van der Waals surface area contributed by atoms with Gasteiger partial charge in [-0.25, -0.2) is 0 Å². The Balaban J connectivity index is 2.19. The summed E-state index contributed by atoms with van der Waals surface area (Å²) in [6.45, 7) is 7.70. The largest absolute Gasteiger partial charge is 0.368 e. The summed E-state index contributed by atoms with van der Waals surface area (Å²) in [6, 6.07) is -2.06. The molecule has 2 aliphatic heterocycles. The summed E-state index contributed by atoms with van der Waals surface area (Å²) >= 11 is 0. The number of likely N-dealkylation sites (tertiary alicyclic amines) is 1. The van der Waals surface area contributed by atoms with Gasteiger partial charge in [-0.3, -0.25) is 28.9 Å². The smallest absolute Gasteiger partial charge is 0.243 e. The third kappa shape index (κ3) is 5.33. The minimum absolute atomic E-state index is 0.0335. The van der Waals surface area contributed by atoms with Crippen molar-refractivity contribution in [2.75, 3.05) is 6.54 Å². The fourth-order valence-electron chi connectivity index (χ4n) is 3.93. The summed E-state index contributed by atoms with van der Waals surface area (Å²) in [7, 11) is 0. The van der Waals surface area contributed by atoms with Gasteiger partial charge in [-0.05, 0) is 31.6 Å². The molecule has 0 saturated carbocycles. The summed E-state index contributed by atoms with van der Waals surface area (Å²) < 4.78 is 0. The molecular formula is C20H32N4O5. The maximum atomic E-state index is 13.0. The van der Waals surface area contributed by atoms with Crippen molar-refractivity contribution in [2.45, 2.75) is 71.9 Å². The van der Waals surface area contributed by atoms with E-state index in [9.17, 15) is 24.0 Å². The van der Waals surface area contributed by atoms with E-state index in [-0.39, 0.29) is 31.1 Å². The van der Waals surface area contributed by atoms with E-state index >= 15 is 0 Å². The lowest BCUT2D eigenvalue weighted by molar-refractivity contribution is -0.149. The maximum absolute atomic E-state index is 13.0. The Morgan fingerprint density at radius 1 is 1.28 bits per heavy atom. The molecule has 0 spiro atoms. The molecule has 0 aromatic rings. The van der Waals surface area contributed by atoms with Crippen LogP contribution in [0, 0.1) is 17.3 Å². The first-order valence-corrected chi connectivity index (χ1v) is 10.2. The van der Waals surface area contributed by atoms with Crippen molar-refractivity contribution in [3.63, 3.8) is 0 Å². The van der Waals surface area contributed by atoms with Crippen molar-refractivity contribution in [3.8, 4) is 0 Å². The van der Waals surface area contributed by atoms with Crippen LogP contribution in [0.25, 0.3) is 0 Å². The van der Waals surface area contributed by atoms with E-state index in [1.54, 1.807) is 13.8 Å². The Hall–Kier alpha value is -2.45. The standard InChI is InChI=1S/C20H32N4O5/c1-11(2)8-14(24-15(25)10-20(3,4)19(24)29)18(28)23-13(16(21)26)9-12-6-5-7-22-17(12)27/h11-14H,5-10H2,1-4H3,(H2,21,26)(H,22,27)(H,23,28)/t12-,13-,14?/m0/s1. The molecular weight excluding hydrogens is 376 g/mol. The van der Waals surface area contributed by atoms with Crippen LogP contribution in [0.1, 0.15) is 59.8 Å². The van der Waals surface area contributed by atoms with Crippen LogP contribution in [0.3, 0.4) is 0 Å². The minimum atomic E-state index is -1.05. The van der Waals surface area contributed by atoms with Gasteiger partial charge in [0.15, 0.2) is 0 Å². The Morgan fingerprint density at radius 3 is 2.41 bits per heavy atom. The van der Waals surface area contributed by atoms with E-state index < -0.39 is 47.0 Å². The van der Waals surface area contributed by atoms with Crippen molar-refractivity contribution in [2.24, 2.45) is 23.0 Å². The highest BCUT2D eigenvalue weighted by atomic mass is 16.2. The molecule has 1 unspecified atom stereocenters. The first-order valence-electron chi connectivity index (χ1n) is 10.2. The van der Waals surface area contributed by atoms with Gasteiger partial charge in [-0.1, -0.05) is 27.7 Å². The molecule has 2 aliphatic rings. The number of rotatable bonds is 8. The summed E-state index contributed by atoms with van der Waals surface area (Å²) in [5.74, 6) is -2.70. The van der Waals surface area contributed by atoms with Gasteiger partial charge < -0.3 is 16.4 Å². The Morgan fingerprint density at radius 2 is 1.93 bits per heavy atom. The van der Waals surface area contributed by atoms with Crippen LogP contribution >= 0.6 is 0 Å². The molecule has 2 rings (SSSR count). The van der Waals surface area contributed by atoms with Crippen LogP contribution < -0.4 is 16.4 Å². The number of carbonyl (C=O) groups is 5. The fourth-order valence-corrected chi connectivity index (χ4v) is 3.93. The highest BCUT2D eigenvalue weighted by Gasteiger charge is 2.49. The molecule has 9 heteroatoms. The summed E-state index contributed by atoms with van der Waals surface area (Å²) in [4.78, 5) is 63.2. The molecule has 9 nitrogen and oxygen atoms in total. The number of primary amides is 1. The molecule has 0 aromatic heterocycles. The SMILES string of the molecule is CC(C)CC(C(=O)N[C@@H](C[C@@H]1CCCNC1=O)C(N)=O)N1C(=O)CC(C)(C)C1=O. The van der Waals surface area contributed by atoms with Gasteiger partial charge in [0.25, 0.3) is 0 Å². The van der Waals surface area contributed by atoms with Crippen LogP contribution in [0.5, 0.6) is 0 Å². The summed E-state index contributed by atoms with van der Waals surface area (Å²) in [5, 5.41) is 5.34. The van der Waals surface area contributed by atoms with Gasteiger partial charge in [-0.15, -0.1) is 0 Å². The Labute approximate surface area is 171 Å². The van der Waals surface area contributed by atoms with Crippen LogP contribution in [-0.4, -0.2) is 53.1 Å². The monoisotopic (exact) mass is 408 g/mol. The quantitative estimate of drug-likeness (QED) is 0.488. The predicted octanol–water partition coefficient (Wildman–Crippen LogP) is 0.0726. The molecule has 0 aromatic carbocycles. The van der Waals surface area contributed by atoms with E-state index in [1.807, 2.05) is 13.8 Å².